The zero-order valence-corrected chi connectivity index (χ0v) is 28.2. The Kier molecular flexibility index (Phi) is 5.08. The molecule has 0 bridgehead atoms. The van der Waals surface area contributed by atoms with Crippen molar-refractivity contribution >= 4 is 85.0 Å². The van der Waals surface area contributed by atoms with Crippen molar-refractivity contribution < 1.29 is 12.6 Å². The molecule has 0 aliphatic rings. The molecule has 11 rings (SSSR count). The van der Waals surface area contributed by atoms with E-state index in [0.29, 0.717) is 54.3 Å². The Labute approximate surface area is 308 Å². The van der Waals surface area contributed by atoms with Crippen molar-refractivity contribution in [2.45, 2.75) is 0 Å². The van der Waals surface area contributed by atoms with E-state index in [1.165, 1.54) is 11.3 Å². The maximum atomic E-state index is 9.64. The number of rotatable bonds is 4. The van der Waals surface area contributed by atoms with Crippen LogP contribution in [0.15, 0.2) is 156 Å². The molecule has 11 aromatic rings. The van der Waals surface area contributed by atoms with E-state index in [0.717, 1.165) is 36.5 Å². The number of fused-ring (bicyclic) bond motifs is 9. The molecule has 4 nitrogen and oxygen atoms in total. The van der Waals surface area contributed by atoms with Gasteiger partial charge in [0.2, 0.25) is 0 Å². The Morgan fingerprint density at radius 3 is 2.08 bits per heavy atom. The van der Waals surface area contributed by atoms with E-state index < -0.39 is 0 Å². The van der Waals surface area contributed by atoms with Gasteiger partial charge in [0.05, 0.1) is 8.22 Å². The fourth-order valence-electron chi connectivity index (χ4n) is 6.81. The Morgan fingerprint density at radius 1 is 0.451 bits per heavy atom. The molecular weight excluding hydrogens is 663 g/mol. The van der Waals surface area contributed by atoms with Gasteiger partial charge in [-0.15, -0.1) is 22.7 Å². The molecule has 4 aromatic heterocycles. The van der Waals surface area contributed by atoms with E-state index in [2.05, 4.69) is 12.1 Å². The van der Waals surface area contributed by atoms with Crippen molar-refractivity contribution in [2.75, 3.05) is 0 Å². The second-order valence-corrected chi connectivity index (χ2v) is 14.4. The minimum atomic E-state index is -0.273. The van der Waals surface area contributed by atoms with E-state index in [-0.39, 0.29) is 53.0 Å². The van der Waals surface area contributed by atoms with Crippen LogP contribution in [0.4, 0.5) is 0 Å². The molecule has 0 radical (unpaired) electrons. The first-order chi connectivity index (χ1) is 27.7. The monoisotopic (exact) mass is 693 g/mol. The topological polar surface area (TPSA) is 51.8 Å². The zero-order chi connectivity index (χ0) is 38.7. The normalized spacial score (nSPS) is 13.6. The van der Waals surface area contributed by atoms with Crippen molar-refractivity contribution in [2.24, 2.45) is 0 Å². The van der Waals surface area contributed by atoms with Gasteiger partial charge in [0.1, 0.15) is 11.2 Å². The Bertz CT molecular complexity index is 3510. The minimum Gasteiger partial charge on any atom is -0.456 e. The average molecular weight is 694 g/mol. The number of furan rings is 1. The molecule has 0 amide bonds. The molecule has 0 N–H and O–H groups in total. The standard InChI is InChI=1S/C45H25N3OS2/c1-2-9-26(10-3-1)43-46-44(28-17-20-32-31-11-4-6-15-37(31)49-38(32)24-28)48-45(47-43)29-18-21-34-35-14-8-13-30(42(35)51-41(34)25-29)27-19-22-40-36(23-27)33-12-5-7-16-39(33)50-40/h1-25H/i8D,13D,14D,18D,21D,25D. The number of hydrogen-bond acceptors (Lipinski definition) is 6. The van der Waals surface area contributed by atoms with Crippen LogP contribution >= 0.6 is 22.7 Å². The lowest BCUT2D eigenvalue weighted by Gasteiger charge is -2.08. The van der Waals surface area contributed by atoms with Gasteiger partial charge in [0.15, 0.2) is 17.5 Å². The Morgan fingerprint density at radius 2 is 1.18 bits per heavy atom. The number of benzene rings is 7. The molecule has 7 aromatic carbocycles. The third kappa shape index (κ3) is 4.61. The van der Waals surface area contributed by atoms with Crippen LogP contribution in [0, 0.1) is 0 Å². The second-order valence-electron chi connectivity index (χ2n) is 12.3. The lowest BCUT2D eigenvalue weighted by atomic mass is 10.0. The summed E-state index contributed by atoms with van der Waals surface area (Å²) in [5.41, 5.74) is 4.02. The number of aromatic nitrogens is 3. The highest BCUT2D eigenvalue weighted by atomic mass is 32.1. The maximum absolute atomic E-state index is 9.64. The second kappa shape index (κ2) is 11.2. The lowest BCUT2D eigenvalue weighted by Crippen LogP contribution is -2.00. The van der Waals surface area contributed by atoms with Crippen molar-refractivity contribution in [3.05, 3.63) is 152 Å². The predicted molar refractivity (Wildman–Crippen MR) is 215 cm³/mol. The summed E-state index contributed by atoms with van der Waals surface area (Å²) in [6.45, 7) is 0. The highest BCUT2D eigenvalue weighted by molar-refractivity contribution is 7.26. The van der Waals surface area contributed by atoms with Crippen molar-refractivity contribution in [3.8, 4) is 45.3 Å². The van der Waals surface area contributed by atoms with E-state index in [9.17, 15) is 4.11 Å². The van der Waals surface area contributed by atoms with Gasteiger partial charge >= 0.3 is 0 Å². The van der Waals surface area contributed by atoms with E-state index in [1.54, 1.807) is 11.3 Å². The largest absolute Gasteiger partial charge is 0.456 e. The fraction of sp³-hybridized carbons (Fsp3) is 0. The van der Waals surface area contributed by atoms with Crippen LogP contribution in [0.1, 0.15) is 8.22 Å². The molecule has 6 heteroatoms. The van der Waals surface area contributed by atoms with E-state index in [4.69, 9.17) is 23.5 Å². The van der Waals surface area contributed by atoms with Crippen LogP contribution in [0.2, 0.25) is 0 Å². The number of para-hydroxylation sites is 1. The molecule has 238 valence electrons. The van der Waals surface area contributed by atoms with Gasteiger partial charge in [-0.1, -0.05) is 109 Å². The van der Waals surface area contributed by atoms with E-state index in [1.807, 2.05) is 103 Å². The molecule has 0 unspecified atom stereocenters. The summed E-state index contributed by atoms with van der Waals surface area (Å²) in [6, 6.07) is 36.0. The summed E-state index contributed by atoms with van der Waals surface area (Å²) in [4.78, 5) is 14.5. The predicted octanol–water partition coefficient (Wildman–Crippen LogP) is 13.2. The molecule has 4 heterocycles. The van der Waals surface area contributed by atoms with Gasteiger partial charge in [-0.2, -0.15) is 0 Å². The summed E-state index contributed by atoms with van der Waals surface area (Å²) >= 11 is 2.88. The van der Waals surface area contributed by atoms with Crippen molar-refractivity contribution in [1.29, 1.82) is 0 Å². The summed E-state index contributed by atoms with van der Waals surface area (Å²) in [5.74, 6) is 0.717. The average Bonchev–Trinajstić information content (AvgIpc) is 3.94. The number of hydrogen-bond donors (Lipinski definition) is 0. The van der Waals surface area contributed by atoms with Gasteiger partial charge < -0.3 is 4.42 Å². The highest BCUT2D eigenvalue weighted by Gasteiger charge is 2.17. The summed E-state index contributed by atoms with van der Waals surface area (Å²) in [6.07, 6.45) is 0. The smallest absolute Gasteiger partial charge is 0.164 e. The fourth-order valence-corrected chi connectivity index (χ4v) is 9.04. The van der Waals surface area contributed by atoms with Gasteiger partial charge in [-0.25, -0.2) is 15.0 Å². The number of thiophene rings is 2. The van der Waals surface area contributed by atoms with Crippen LogP contribution in [0.3, 0.4) is 0 Å². The maximum Gasteiger partial charge on any atom is 0.164 e. The van der Waals surface area contributed by atoms with Gasteiger partial charge in [0.25, 0.3) is 0 Å². The van der Waals surface area contributed by atoms with E-state index >= 15 is 0 Å². The molecule has 0 aliphatic carbocycles. The first-order valence-corrected chi connectivity index (χ1v) is 18.0. The third-order valence-electron chi connectivity index (χ3n) is 9.25. The first kappa shape index (κ1) is 23.2. The number of nitrogens with zero attached hydrogens (tertiary/aromatic N) is 3. The molecule has 0 spiro atoms. The minimum absolute atomic E-state index is 0.0566. The molecule has 51 heavy (non-hydrogen) atoms. The first-order valence-electron chi connectivity index (χ1n) is 19.4. The van der Waals surface area contributed by atoms with Gasteiger partial charge in [-0.05, 0) is 53.6 Å². The summed E-state index contributed by atoms with van der Waals surface area (Å²) in [7, 11) is 0. The van der Waals surface area contributed by atoms with Crippen LogP contribution < -0.4 is 0 Å². The van der Waals surface area contributed by atoms with Crippen molar-refractivity contribution in [1.82, 2.24) is 15.0 Å². The van der Waals surface area contributed by atoms with Crippen LogP contribution in [-0.4, -0.2) is 15.0 Å². The molecule has 0 aliphatic heterocycles. The molecule has 0 atom stereocenters. The van der Waals surface area contributed by atoms with Gasteiger partial charge in [-0.3, -0.25) is 0 Å². The molecular formula is C45H25N3OS2. The summed E-state index contributed by atoms with van der Waals surface area (Å²) in [5, 5.41) is 4.60. The molecule has 0 saturated heterocycles. The quantitative estimate of drug-likeness (QED) is 0.184. The van der Waals surface area contributed by atoms with Crippen LogP contribution in [0.25, 0.3) is 108 Å². The molecule has 0 saturated carbocycles. The third-order valence-corrected chi connectivity index (χ3v) is 11.5. The highest BCUT2D eigenvalue weighted by Crippen LogP contribution is 2.43. The Hall–Kier alpha value is -6.21. The molecule has 0 fully saturated rings. The summed E-state index contributed by atoms with van der Waals surface area (Å²) < 4.78 is 64.7. The Balaban J connectivity index is 1.16. The lowest BCUT2D eigenvalue weighted by molar-refractivity contribution is 0.669. The van der Waals surface area contributed by atoms with Crippen molar-refractivity contribution in [3.63, 3.8) is 0 Å². The van der Waals surface area contributed by atoms with Crippen LogP contribution in [0.5, 0.6) is 0 Å². The van der Waals surface area contributed by atoms with Crippen LogP contribution in [-0.2, 0) is 0 Å². The SMILES string of the molecule is [2H]c1c([2H])c([2H])c2c(sc3c([2H])c(-c4nc(-c5ccccc5)nc(-c5ccc6c(c5)oc5ccccc56)n4)c([2H])c([2H])c32)c1-c1ccc2sc3ccccc3c2c1. The zero-order valence-electron chi connectivity index (χ0n) is 32.5. The van der Waals surface area contributed by atoms with Gasteiger partial charge in [0, 0.05) is 67.8 Å².